The Morgan fingerprint density at radius 2 is 1.92 bits per heavy atom. The summed E-state index contributed by atoms with van der Waals surface area (Å²) in [6, 6.07) is 13.6. The molecule has 0 bridgehead atoms. The average molecular weight is 403 g/mol. The van der Waals surface area contributed by atoms with Crippen LogP contribution < -0.4 is 10.4 Å². The number of tetrazole rings is 1. The number of aryl methyl sites for hydroxylation is 2. The summed E-state index contributed by atoms with van der Waals surface area (Å²) in [5.41, 5.74) is 2.51. The molecule has 3 aromatic rings. The number of halogens is 1. The minimum Gasteiger partial charge on any atom is -0.488 e. The topological polar surface area (TPSA) is 61.9 Å². The van der Waals surface area contributed by atoms with Gasteiger partial charge in [0.05, 0.1) is 10.2 Å². The van der Waals surface area contributed by atoms with Crippen molar-refractivity contribution < 1.29 is 4.74 Å². The number of benzene rings is 2. The summed E-state index contributed by atoms with van der Waals surface area (Å²) >= 11 is 3.49. The van der Waals surface area contributed by atoms with Crippen molar-refractivity contribution in [2.24, 2.45) is 7.05 Å². The Hall–Kier alpha value is -2.41. The molecule has 1 aromatic heterocycles. The summed E-state index contributed by atoms with van der Waals surface area (Å²) in [5, 5.41) is 7.78. The van der Waals surface area contributed by atoms with Gasteiger partial charge in [-0.1, -0.05) is 37.6 Å². The summed E-state index contributed by atoms with van der Waals surface area (Å²) in [6.07, 6.45) is 1.90. The van der Waals surface area contributed by atoms with E-state index in [1.807, 2.05) is 36.4 Å². The van der Waals surface area contributed by atoms with Gasteiger partial charge in [0.2, 0.25) is 0 Å². The highest BCUT2D eigenvalue weighted by atomic mass is 79.9. The summed E-state index contributed by atoms with van der Waals surface area (Å²) < 4.78 is 9.42. The van der Waals surface area contributed by atoms with Crippen molar-refractivity contribution in [3.05, 3.63) is 68.5 Å². The molecule has 0 fully saturated rings. The van der Waals surface area contributed by atoms with E-state index in [9.17, 15) is 4.79 Å². The molecule has 0 aliphatic rings. The van der Waals surface area contributed by atoms with Crippen LogP contribution in [0, 0.1) is 0 Å². The molecule has 0 aliphatic heterocycles. The predicted molar refractivity (Wildman–Crippen MR) is 99.1 cm³/mol. The van der Waals surface area contributed by atoms with Gasteiger partial charge in [0.25, 0.3) is 0 Å². The molecule has 3 rings (SSSR count). The lowest BCUT2D eigenvalue weighted by Crippen LogP contribution is -2.23. The van der Waals surface area contributed by atoms with E-state index in [1.165, 1.54) is 9.36 Å². The number of ether oxygens (including phenoxy) is 1. The number of aromatic nitrogens is 4. The lowest BCUT2D eigenvalue weighted by atomic mass is 10.0. The van der Waals surface area contributed by atoms with E-state index in [0.717, 1.165) is 34.2 Å². The zero-order valence-corrected chi connectivity index (χ0v) is 15.7. The molecular weight excluding hydrogens is 384 g/mol. The number of hydrogen-bond donors (Lipinski definition) is 0. The van der Waals surface area contributed by atoms with E-state index in [0.29, 0.717) is 12.3 Å². The molecule has 0 atom stereocenters. The van der Waals surface area contributed by atoms with Gasteiger partial charge in [-0.25, -0.2) is 4.79 Å². The van der Waals surface area contributed by atoms with Crippen LogP contribution >= 0.6 is 15.9 Å². The normalized spacial score (nSPS) is 10.8. The van der Waals surface area contributed by atoms with E-state index in [1.54, 1.807) is 7.05 Å². The van der Waals surface area contributed by atoms with E-state index in [-0.39, 0.29) is 5.69 Å². The van der Waals surface area contributed by atoms with Gasteiger partial charge in [-0.15, -0.1) is 0 Å². The van der Waals surface area contributed by atoms with Crippen molar-refractivity contribution in [2.45, 2.75) is 26.4 Å². The molecule has 0 radical (unpaired) electrons. The van der Waals surface area contributed by atoms with Crippen molar-refractivity contribution in [3.8, 4) is 11.4 Å². The van der Waals surface area contributed by atoms with Gasteiger partial charge < -0.3 is 4.74 Å². The SMILES string of the molecule is CCCc1cccc(-n2nnn(C)c2=O)c1COc1ccccc1Br. The van der Waals surface area contributed by atoms with Crippen molar-refractivity contribution in [1.82, 2.24) is 19.8 Å². The molecule has 0 aliphatic carbocycles. The summed E-state index contributed by atoms with van der Waals surface area (Å²) in [4.78, 5) is 12.3. The van der Waals surface area contributed by atoms with Crippen molar-refractivity contribution in [3.63, 3.8) is 0 Å². The maximum absolute atomic E-state index is 12.3. The molecule has 6 nitrogen and oxygen atoms in total. The summed E-state index contributed by atoms with van der Waals surface area (Å²) in [5.74, 6) is 0.756. The van der Waals surface area contributed by atoms with Gasteiger partial charge in [-0.05, 0) is 56.5 Å². The van der Waals surface area contributed by atoms with Gasteiger partial charge in [0.15, 0.2) is 0 Å². The fourth-order valence-electron chi connectivity index (χ4n) is 2.67. The van der Waals surface area contributed by atoms with E-state index in [4.69, 9.17) is 4.74 Å². The van der Waals surface area contributed by atoms with Crippen LogP contribution in [-0.4, -0.2) is 19.8 Å². The van der Waals surface area contributed by atoms with Crippen LogP contribution in [0.2, 0.25) is 0 Å². The Kier molecular flexibility index (Phi) is 5.33. The second-order valence-corrected chi connectivity index (χ2v) is 6.54. The molecule has 25 heavy (non-hydrogen) atoms. The van der Waals surface area contributed by atoms with E-state index in [2.05, 4.69) is 39.3 Å². The van der Waals surface area contributed by atoms with Crippen LogP contribution in [0.5, 0.6) is 5.75 Å². The second-order valence-electron chi connectivity index (χ2n) is 5.68. The molecule has 130 valence electrons. The highest BCUT2D eigenvalue weighted by molar-refractivity contribution is 9.10. The van der Waals surface area contributed by atoms with Gasteiger partial charge in [0.1, 0.15) is 12.4 Å². The minimum atomic E-state index is -0.282. The lowest BCUT2D eigenvalue weighted by Gasteiger charge is -2.15. The zero-order chi connectivity index (χ0) is 17.8. The monoisotopic (exact) mass is 402 g/mol. The second kappa shape index (κ2) is 7.65. The van der Waals surface area contributed by atoms with Crippen LogP contribution in [0.15, 0.2) is 51.7 Å². The zero-order valence-electron chi connectivity index (χ0n) is 14.1. The van der Waals surface area contributed by atoms with Gasteiger partial charge in [-0.3, -0.25) is 0 Å². The Morgan fingerprint density at radius 1 is 1.12 bits per heavy atom. The lowest BCUT2D eigenvalue weighted by molar-refractivity contribution is 0.302. The highest BCUT2D eigenvalue weighted by Gasteiger charge is 2.15. The fourth-order valence-corrected chi connectivity index (χ4v) is 3.07. The first-order valence-corrected chi connectivity index (χ1v) is 8.88. The summed E-state index contributed by atoms with van der Waals surface area (Å²) in [6.45, 7) is 2.47. The van der Waals surface area contributed by atoms with Crippen LogP contribution in [0.4, 0.5) is 0 Å². The maximum atomic E-state index is 12.3. The quantitative estimate of drug-likeness (QED) is 0.634. The molecule has 7 heteroatoms. The first kappa shape index (κ1) is 17.4. The molecule has 0 spiro atoms. The largest absolute Gasteiger partial charge is 0.488 e. The van der Waals surface area contributed by atoms with Crippen LogP contribution in [0.25, 0.3) is 5.69 Å². The standard InChI is InChI=1S/C18H19BrN4O2/c1-3-7-13-8-6-10-16(23-18(24)22(2)20-21-23)14(13)12-25-17-11-5-4-9-15(17)19/h4-6,8-11H,3,7,12H2,1-2H3. The maximum Gasteiger partial charge on any atom is 0.368 e. The first-order chi connectivity index (χ1) is 12.1. The molecule has 0 unspecified atom stereocenters. The van der Waals surface area contributed by atoms with Gasteiger partial charge >= 0.3 is 5.69 Å². The molecule has 1 heterocycles. The molecule has 0 saturated carbocycles. The van der Waals surface area contributed by atoms with Crippen molar-refractivity contribution in [2.75, 3.05) is 0 Å². The third kappa shape index (κ3) is 3.66. The molecule has 0 saturated heterocycles. The average Bonchev–Trinajstić information content (AvgIpc) is 2.94. The number of para-hydroxylation sites is 1. The Bertz CT molecular complexity index is 933. The van der Waals surface area contributed by atoms with Crippen molar-refractivity contribution >= 4 is 15.9 Å². The van der Waals surface area contributed by atoms with Crippen LogP contribution in [0.1, 0.15) is 24.5 Å². The highest BCUT2D eigenvalue weighted by Crippen LogP contribution is 2.27. The Labute approximate surface area is 154 Å². The number of rotatable bonds is 6. The Morgan fingerprint density at radius 3 is 2.60 bits per heavy atom. The molecule has 2 aromatic carbocycles. The first-order valence-electron chi connectivity index (χ1n) is 8.09. The predicted octanol–water partition coefficient (Wildman–Crippen LogP) is 3.26. The van der Waals surface area contributed by atoms with E-state index >= 15 is 0 Å². The minimum absolute atomic E-state index is 0.282. The van der Waals surface area contributed by atoms with Crippen LogP contribution in [-0.2, 0) is 20.1 Å². The Balaban J connectivity index is 2.02. The van der Waals surface area contributed by atoms with Gasteiger partial charge in [0, 0.05) is 12.6 Å². The number of nitrogens with zero attached hydrogens (tertiary/aromatic N) is 4. The van der Waals surface area contributed by atoms with Crippen molar-refractivity contribution in [1.29, 1.82) is 0 Å². The molecule has 0 amide bonds. The van der Waals surface area contributed by atoms with Gasteiger partial charge in [-0.2, -0.15) is 9.36 Å². The number of hydrogen-bond acceptors (Lipinski definition) is 4. The molecular formula is C18H19BrN4O2. The van der Waals surface area contributed by atoms with E-state index < -0.39 is 0 Å². The third-order valence-electron chi connectivity index (χ3n) is 3.93. The van der Waals surface area contributed by atoms with Crippen LogP contribution in [0.3, 0.4) is 0 Å². The third-order valence-corrected chi connectivity index (χ3v) is 4.58. The summed E-state index contributed by atoms with van der Waals surface area (Å²) in [7, 11) is 1.58. The smallest absolute Gasteiger partial charge is 0.368 e. The molecule has 0 N–H and O–H groups in total. The fraction of sp³-hybridized carbons (Fsp3) is 0.278.